The summed E-state index contributed by atoms with van der Waals surface area (Å²) < 4.78 is 0. The molecule has 2 aromatic carbocycles. The summed E-state index contributed by atoms with van der Waals surface area (Å²) >= 11 is 0. The Labute approximate surface area is 232 Å². The maximum absolute atomic E-state index is 13.0. The number of H-pyrrole nitrogens is 1. The number of carbonyl (C=O) groups excluding carboxylic acids is 1. The molecule has 0 bridgehead atoms. The number of rotatable bonds is 15. The van der Waals surface area contributed by atoms with Crippen molar-refractivity contribution in [2.75, 3.05) is 13.1 Å². The summed E-state index contributed by atoms with van der Waals surface area (Å²) in [5, 5.41) is 0. The first kappa shape index (κ1) is 28.3. The molecule has 0 amide bonds. The van der Waals surface area contributed by atoms with Gasteiger partial charge in [-0.25, -0.2) is 4.98 Å². The first-order chi connectivity index (χ1) is 19.0. The zero-order valence-corrected chi connectivity index (χ0v) is 23.4. The second-order valence-electron chi connectivity index (χ2n) is 10.2. The van der Waals surface area contributed by atoms with Crippen LogP contribution in [0.2, 0.25) is 0 Å². The molecule has 7 nitrogen and oxygen atoms in total. The Kier molecular flexibility index (Phi) is 10.5. The number of hydrogen-bond acceptors (Lipinski definition) is 6. The average Bonchev–Trinajstić information content (AvgIpc) is 3.45. The summed E-state index contributed by atoms with van der Waals surface area (Å²) in [5.74, 6) is 1.03. The number of aromatic nitrogens is 4. The molecule has 0 aliphatic carbocycles. The van der Waals surface area contributed by atoms with Crippen LogP contribution in [0.4, 0.5) is 0 Å². The molecule has 0 aliphatic rings. The highest BCUT2D eigenvalue weighted by molar-refractivity contribution is 5.97. The zero-order chi connectivity index (χ0) is 27.5. The predicted molar refractivity (Wildman–Crippen MR) is 155 cm³/mol. The fourth-order valence-corrected chi connectivity index (χ4v) is 4.76. The normalized spacial score (nSPS) is 11.4. The highest BCUT2D eigenvalue weighted by atomic mass is 16.1. The molecule has 39 heavy (non-hydrogen) atoms. The van der Waals surface area contributed by atoms with Crippen LogP contribution in [0.25, 0.3) is 0 Å². The number of hydrogen-bond donors (Lipinski definition) is 1. The minimum atomic E-state index is 0.135. The van der Waals surface area contributed by atoms with Crippen molar-refractivity contribution in [2.24, 2.45) is 0 Å². The Bertz CT molecular complexity index is 1260. The van der Waals surface area contributed by atoms with Crippen molar-refractivity contribution in [1.82, 2.24) is 29.7 Å². The Hall–Kier alpha value is -3.68. The molecule has 0 unspecified atom stereocenters. The number of nitrogens with zero attached hydrogens (tertiary/aromatic N) is 5. The second kappa shape index (κ2) is 14.5. The van der Waals surface area contributed by atoms with Crippen molar-refractivity contribution in [2.45, 2.75) is 66.2 Å². The van der Waals surface area contributed by atoms with Gasteiger partial charge in [0.2, 0.25) is 0 Å². The molecule has 1 N–H and O–H groups in total. The van der Waals surface area contributed by atoms with E-state index in [9.17, 15) is 4.79 Å². The smallest absolute Gasteiger partial charge is 0.167 e. The number of aryl methyl sites for hydroxylation is 1. The van der Waals surface area contributed by atoms with Crippen LogP contribution in [0, 0.1) is 6.92 Å². The molecular formula is C32H40N6O. The number of benzene rings is 2. The van der Waals surface area contributed by atoms with Gasteiger partial charge in [-0.3, -0.25) is 24.6 Å². The highest BCUT2D eigenvalue weighted by Crippen LogP contribution is 2.15. The summed E-state index contributed by atoms with van der Waals surface area (Å²) in [5.41, 5.74) is 6.03. The van der Waals surface area contributed by atoms with Crippen LogP contribution in [-0.4, -0.2) is 48.6 Å². The molecule has 7 heteroatoms. The van der Waals surface area contributed by atoms with E-state index in [2.05, 4.69) is 67.8 Å². The van der Waals surface area contributed by atoms with Gasteiger partial charge in [-0.2, -0.15) is 0 Å². The quantitative estimate of drug-likeness (QED) is 0.199. The lowest BCUT2D eigenvalue weighted by Crippen LogP contribution is -2.24. The molecule has 0 fully saturated rings. The Morgan fingerprint density at radius 3 is 1.97 bits per heavy atom. The largest absolute Gasteiger partial charge is 0.348 e. The first-order valence-electron chi connectivity index (χ1n) is 13.9. The predicted octanol–water partition coefficient (Wildman–Crippen LogP) is 5.76. The van der Waals surface area contributed by atoms with Gasteiger partial charge in [-0.1, -0.05) is 62.4 Å². The third-order valence-electron chi connectivity index (χ3n) is 6.70. The van der Waals surface area contributed by atoms with E-state index >= 15 is 0 Å². The number of imidazole rings is 1. The first-order valence-corrected chi connectivity index (χ1v) is 13.9. The Morgan fingerprint density at radius 2 is 1.38 bits per heavy atom. The monoisotopic (exact) mass is 524 g/mol. The van der Waals surface area contributed by atoms with Crippen molar-refractivity contribution in [3.8, 4) is 0 Å². The van der Waals surface area contributed by atoms with Crippen LogP contribution < -0.4 is 0 Å². The summed E-state index contributed by atoms with van der Waals surface area (Å²) in [6.45, 7) is 11.6. The minimum absolute atomic E-state index is 0.135. The number of aromatic amines is 1. The summed E-state index contributed by atoms with van der Waals surface area (Å²) in [7, 11) is 0. The number of carbonyl (C=O) groups is 1. The maximum Gasteiger partial charge on any atom is 0.167 e. The molecule has 4 aromatic rings. The summed E-state index contributed by atoms with van der Waals surface area (Å²) in [6.07, 6.45) is 9.95. The van der Waals surface area contributed by atoms with Crippen molar-refractivity contribution in [3.63, 3.8) is 0 Å². The fourth-order valence-electron chi connectivity index (χ4n) is 4.76. The second-order valence-corrected chi connectivity index (χ2v) is 10.2. The van der Waals surface area contributed by atoms with Crippen LogP contribution in [0.5, 0.6) is 0 Å². The topological polar surface area (TPSA) is 78.0 Å². The molecule has 2 heterocycles. The highest BCUT2D eigenvalue weighted by Gasteiger charge is 2.13. The van der Waals surface area contributed by atoms with E-state index in [1.54, 1.807) is 12.4 Å². The van der Waals surface area contributed by atoms with Crippen LogP contribution in [0.15, 0.2) is 73.3 Å². The fraction of sp³-hybridized carbons (Fsp3) is 0.375. The molecule has 0 radical (unpaired) electrons. The molecule has 0 aliphatic heterocycles. The van der Waals surface area contributed by atoms with Gasteiger partial charge in [-0.15, -0.1) is 0 Å². The molecule has 204 valence electrons. The van der Waals surface area contributed by atoms with Gasteiger partial charge < -0.3 is 4.98 Å². The van der Waals surface area contributed by atoms with E-state index in [1.807, 2.05) is 43.6 Å². The zero-order valence-electron chi connectivity index (χ0n) is 23.4. The Balaban J connectivity index is 1.35. The molecule has 4 rings (SSSR count). The van der Waals surface area contributed by atoms with E-state index in [0.29, 0.717) is 26.1 Å². The lowest BCUT2D eigenvalue weighted by molar-refractivity contribution is 0.0993. The molecular weight excluding hydrogens is 484 g/mol. The number of nitrogens with one attached hydrogen (secondary N) is 1. The van der Waals surface area contributed by atoms with Crippen LogP contribution in [0.1, 0.15) is 70.9 Å². The summed E-state index contributed by atoms with van der Waals surface area (Å²) in [4.78, 5) is 34.2. The third kappa shape index (κ3) is 8.94. The summed E-state index contributed by atoms with van der Waals surface area (Å²) in [6, 6.07) is 16.5. The molecule has 0 spiro atoms. The van der Waals surface area contributed by atoms with Gasteiger partial charge in [-0.05, 0) is 49.5 Å². The average molecular weight is 525 g/mol. The SMILES string of the molecule is CCCN(CCC)Cc1ccc(CC(=O)c2ccc(CN(Cc3cnc(C)cn3)Cc3ncc[nH]3)cc2)cc1. The van der Waals surface area contributed by atoms with Gasteiger partial charge in [0, 0.05) is 56.4 Å². The Morgan fingerprint density at radius 1 is 0.744 bits per heavy atom. The van der Waals surface area contributed by atoms with Gasteiger partial charge >= 0.3 is 0 Å². The standard InChI is InChI=1S/C32H40N6O/c1-4-16-37(17-5-2)21-27-8-6-26(7-9-27)18-31(39)29-12-10-28(11-13-29)22-38(24-32-33-14-15-34-32)23-30-20-35-25(3)19-36-30/h6-15,19-20H,4-5,16-18,21-24H2,1-3H3,(H,33,34). The van der Waals surface area contributed by atoms with Crippen molar-refractivity contribution >= 4 is 5.78 Å². The van der Waals surface area contributed by atoms with Crippen LogP contribution in [0.3, 0.4) is 0 Å². The third-order valence-corrected chi connectivity index (χ3v) is 6.70. The molecule has 0 atom stereocenters. The molecule has 2 aromatic heterocycles. The van der Waals surface area contributed by atoms with Crippen LogP contribution >= 0.6 is 0 Å². The van der Waals surface area contributed by atoms with Crippen molar-refractivity contribution < 1.29 is 4.79 Å². The number of Topliss-reactive ketones (excluding diaryl/α,β-unsaturated/α-hetero) is 1. The van der Waals surface area contributed by atoms with E-state index in [4.69, 9.17) is 0 Å². The minimum Gasteiger partial charge on any atom is -0.348 e. The van der Waals surface area contributed by atoms with Crippen LogP contribution in [-0.2, 0) is 32.6 Å². The van der Waals surface area contributed by atoms with Gasteiger partial charge in [0.1, 0.15) is 5.82 Å². The van der Waals surface area contributed by atoms with E-state index in [-0.39, 0.29) is 5.78 Å². The van der Waals surface area contributed by atoms with Crippen molar-refractivity contribution in [3.05, 3.63) is 113 Å². The van der Waals surface area contributed by atoms with E-state index < -0.39 is 0 Å². The van der Waals surface area contributed by atoms with Gasteiger partial charge in [0.15, 0.2) is 5.78 Å². The molecule has 0 saturated carbocycles. The lowest BCUT2D eigenvalue weighted by atomic mass is 10.0. The van der Waals surface area contributed by atoms with Crippen molar-refractivity contribution in [1.29, 1.82) is 0 Å². The molecule has 0 saturated heterocycles. The van der Waals surface area contributed by atoms with Gasteiger partial charge in [0.05, 0.1) is 17.9 Å². The number of ketones is 1. The van der Waals surface area contributed by atoms with E-state index in [1.165, 1.54) is 5.56 Å². The maximum atomic E-state index is 13.0. The van der Waals surface area contributed by atoms with Gasteiger partial charge in [0.25, 0.3) is 0 Å². The lowest BCUT2D eigenvalue weighted by Gasteiger charge is -2.21. The van der Waals surface area contributed by atoms with E-state index in [0.717, 1.165) is 66.4 Å².